The SMILES string of the molecule is CCCC[C@H]1S/C(=N/N=C\c2ccccc2)NC1=O. The van der Waals surface area contributed by atoms with Gasteiger partial charge in [-0.15, -0.1) is 5.10 Å². The van der Waals surface area contributed by atoms with Gasteiger partial charge in [0, 0.05) is 0 Å². The van der Waals surface area contributed by atoms with Gasteiger partial charge < -0.3 is 5.32 Å². The van der Waals surface area contributed by atoms with Crippen molar-refractivity contribution in [2.24, 2.45) is 10.2 Å². The molecule has 1 atom stereocenters. The Bertz CT molecular complexity index is 485. The normalized spacial score (nSPS) is 21.2. The Hall–Kier alpha value is -1.62. The molecule has 1 aromatic carbocycles. The van der Waals surface area contributed by atoms with Crippen LogP contribution in [-0.2, 0) is 4.79 Å². The fourth-order valence-corrected chi connectivity index (χ4v) is 2.69. The molecule has 2 rings (SSSR count). The van der Waals surface area contributed by atoms with Gasteiger partial charge in [-0.05, 0) is 12.0 Å². The van der Waals surface area contributed by atoms with Crippen LogP contribution < -0.4 is 5.32 Å². The van der Waals surface area contributed by atoms with Crippen LogP contribution in [0, 0.1) is 0 Å². The average molecular weight is 275 g/mol. The molecule has 4 nitrogen and oxygen atoms in total. The first-order valence-corrected chi connectivity index (χ1v) is 7.31. The third kappa shape index (κ3) is 4.21. The first kappa shape index (κ1) is 13.8. The Morgan fingerprint density at radius 1 is 1.37 bits per heavy atom. The zero-order valence-corrected chi connectivity index (χ0v) is 11.7. The molecule has 1 heterocycles. The molecule has 1 aromatic rings. The smallest absolute Gasteiger partial charge is 0.239 e. The molecule has 0 radical (unpaired) electrons. The summed E-state index contributed by atoms with van der Waals surface area (Å²) in [5.41, 5.74) is 0.990. The van der Waals surface area contributed by atoms with Crippen molar-refractivity contribution in [2.75, 3.05) is 0 Å². The number of nitrogens with one attached hydrogen (secondary N) is 1. The van der Waals surface area contributed by atoms with Crippen LogP contribution in [0.5, 0.6) is 0 Å². The predicted molar refractivity (Wildman–Crippen MR) is 80.5 cm³/mol. The van der Waals surface area contributed by atoms with Crippen molar-refractivity contribution in [3.05, 3.63) is 35.9 Å². The Morgan fingerprint density at radius 2 is 2.16 bits per heavy atom. The first-order chi connectivity index (χ1) is 9.29. The molecule has 0 aromatic heterocycles. The number of unbranched alkanes of at least 4 members (excludes halogenated alkanes) is 1. The topological polar surface area (TPSA) is 53.8 Å². The Balaban J connectivity index is 1.91. The molecule has 0 bridgehead atoms. The Morgan fingerprint density at radius 3 is 2.89 bits per heavy atom. The van der Waals surface area contributed by atoms with E-state index in [0.29, 0.717) is 5.17 Å². The summed E-state index contributed by atoms with van der Waals surface area (Å²) in [6.45, 7) is 2.12. The molecular weight excluding hydrogens is 258 g/mol. The zero-order valence-electron chi connectivity index (χ0n) is 10.9. The summed E-state index contributed by atoms with van der Waals surface area (Å²) in [6.07, 6.45) is 4.74. The van der Waals surface area contributed by atoms with E-state index >= 15 is 0 Å². The highest BCUT2D eigenvalue weighted by Crippen LogP contribution is 2.23. The molecule has 19 heavy (non-hydrogen) atoms. The number of rotatable bonds is 5. The van der Waals surface area contributed by atoms with E-state index in [0.717, 1.165) is 24.8 Å². The second kappa shape index (κ2) is 7.09. The van der Waals surface area contributed by atoms with Crippen LogP contribution in [0.4, 0.5) is 0 Å². The van der Waals surface area contributed by atoms with Gasteiger partial charge in [0.25, 0.3) is 0 Å². The van der Waals surface area contributed by atoms with Crippen LogP contribution in [0.3, 0.4) is 0 Å². The van der Waals surface area contributed by atoms with Gasteiger partial charge in [0.2, 0.25) is 5.91 Å². The highest BCUT2D eigenvalue weighted by atomic mass is 32.2. The number of hydrogen-bond acceptors (Lipinski definition) is 4. The average Bonchev–Trinajstić information content (AvgIpc) is 2.78. The standard InChI is InChI=1S/C14H17N3OS/c1-2-3-9-12-13(18)16-14(19-12)17-15-10-11-7-5-4-6-8-11/h4-8,10,12H,2-3,9H2,1H3,(H,16,17,18)/b15-10-/t12-/m1/s1. The maximum absolute atomic E-state index is 11.7. The van der Waals surface area contributed by atoms with E-state index in [2.05, 4.69) is 22.4 Å². The molecule has 1 amide bonds. The van der Waals surface area contributed by atoms with Crippen molar-refractivity contribution in [3.8, 4) is 0 Å². The van der Waals surface area contributed by atoms with E-state index in [1.165, 1.54) is 11.8 Å². The van der Waals surface area contributed by atoms with Crippen molar-refractivity contribution in [1.82, 2.24) is 5.32 Å². The number of amidine groups is 1. The molecule has 100 valence electrons. The minimum absolute atomic E-state index is 0.00868. The van der Waals surface area contributed by atoms with Gasteiger partial charge in [0.15, 0.2) is 5.17 Å². The van der Waals surface area contributed by atoms with Crippen LogP contribution >= 0.6 is 11.8 Å². The second-order valence-corrected chi connectivity index (χ2v) is 5.49. The summed E-state index contributed by atoms with van der Waals surface area (Å²) >= 11 is 1.47. The monoisotopic (exact) mass is 275 g/mol. The Labute approximate surface area is 117 Å². The molecule has 0 aliphatic carbocycles. The van der Waals surface area contributed by atoms with Crippen molar-refractivity contribution < 1.29 is 4.79 Å². The maximum atomic E-state index is 11.7. The van der Waals surface area contributed by atoms with Gasteiger partial charge in [-0.25, -0.2) is 0 Å². The molecule has 0 spiro atoms. The molecule has 5 heteroatoms. The molecule has 1 aliphatic heterocycles. The van der Waals surface area contributed by atoms with E-state index < -0.39 is 0 Å². The number of thioether (sulfide) groups is 1. The molecule has 1 saturated heterocycles. The molecule has 1 N–H and O–H groups in total. The molecule has 1 aliphatic rings. The van der Waals surface area contributed by atoms with Gasteiger partial charge in [-0.1, -0.05) is 61.9 Å². The van der Waals surface area contributed by atoms with E-state index in [1.807, 2.05) is 30.3 Å². The quantitative estimate of drug-likeness (QED) is 0.663. The van der Waals surface area contributed by atoms with Crippen LogP contribution in [-0.4, -0.2) is 22.5 Å². The van der Waals surface area contributed by atoms with Crippen molar-refractivity contribution in [1.29, 1.82) is 0 Å². The fraction of sp³-hybridized carbons (Fsp3) is 0.357. The summed E-state index contributed by atoms with van der Waals surface area (Å²) in [7, 11) is 0. The highest BCUT2D eigenvalue weighted by molar-refractivity contribution is 8.15. The lowest BCUT2D eigenvalue weighted by Crippen LogP contribution is -2.24. The van der Waals surface area contributed by atoms with Crippen molar-refractivity contribution >= 4 is 29.1 Å². The maximum Gasteiger partial charge on any atom is 0.239 e. The van der Waals surface area contributed by atoms with Crippen molar-refractivity contribution in [3.63, 3.8) is 0 Å². The summed E-state index contributed by atoms with van der Waals surface area (Å²) in [5.74, 6) is 0.0483. The number of carbonyl (C=O) groups excluding carboxylic acids is 1. The summed E-state index contributed by atoms with van der Waals surface area (Å²) in [6, 6.07) is 9.75. The van der Waals surface area contributed by atoms with Gasteiger partial charge in [-0.2, -0.15) is 5.10 Å². The van der Waals surface area contributed by atoms with Gasteiger partial charge in [-0.3, -0.25) is 4.79 Å². The summed E-state index contributed by atoms with van der Waals surface area (Å²) in [4.78, 5) is 11.7. The lowest BCUT2D eigenvalue weighted by atomic mass is 10.2. The molecular formula is C14H17N3OS. The number of hydrogen-bond donors (Lipinski definition) is 1. The van der Waals surface area contributed by atoms with E-state index in [1.54, 1.807) is 6.21 Å². The van der Waals surface area contributed by atoms with Gasteiger partial charge in [0.05, 0.1) is 11.5 Å². The Kier molecular flexibility index (Phi) is 5.15. The highest BCUT2D eigenvalue weighted by Gasteiger charge is 2.29. The van der Waals surface area contributed by atoms with Crippen molar-refractivity contribution in [2.45, 2.75) is 31.4 Å². The number of amides is 1. The van der Waals surface area contributed by atoms with Crippen LogP contribution in [0.15, 0.2) is 40.5 Å². The van der Waals surface area contributed by atoms with Crippen LogP contribution in [0.2, 0.25) is 0 Å². The minimum atomic E-state index is -0.00868. The number of nitrogens with zero attached hydrogens (tertiary/aromatic N) is 2. The molecule has 0 unspecified atom stereocenters. The third-order valence-electron chi connectivity index (χ3n) is 2.75. The van der Waals surface area contributed by atoms with Gasteiger partial charge in [0.1, 0.15) is 0 Å². The molecule has 0 saturated carbocycles. The minimum Gasteiger partial charge on any atom is -0.303 e. The fourth-order valence-electron chi connectivity index (χ4n) is 1.72. The molecule has 1 fully saturated rings. The zero-order chi connectivity index (χ0) is 13.5. The number of carbonyl (C=O) groups is 1. The van der Waals surface area contributed by atoms with E-state index in [-0.39, 0.29) is 11.2 Å². The summed E-state index contributed by atoms with van der Waals surface area (Å²) in [5, 5.41) is 11.4. The van der Waals surface area contributed by atoms with Crippen LogP contribution in [0.1, 0.15) is 31.7 Å². The van der Waals surface area contributed by atoms with E-state index in [4.69, 9.17) is 0 Å². The largest absolute Gasteiger partial charge is 0.303 e. The second-order valence-electron chi connectivity index (χ2n) is 4.30. The lowest BCUT2D eigenvalue weighted by molar-refractivity contribution is -0.118. The predicted octanol–water partition coefficient (Wildman–Crippen LogP) is 2.80. The van der Waals surface area contributed by atoms with Gasteiger partial charge >= 0.3 is 0 Å². The van der Waals surface area contributed by atoms with E-state index in [9.17, 15) is 4.79 Å². The number of benzene rings is 1. The summed E-state index contributed by atoms with van der Waals surface area (Å²) < 4.78 is 0. The lowest BCUT2D eigenvalue weighted by Gasteiger charge is -2.01. The third-order valence-corrected chi connectivity index (χ3v) is 3.89. The first-order valence-electron chi connectivity index (χ1n) is 6.43. The van der Waals surface area contributed by atoms with Crippen LogP contribution in [0.25, 0.3) is 0 Å².